The summed E-state index contributed by atoms with van der Waals surface area (Å²) < 4.78 is 4.84. The van der Waals surface area contributed by atoms with Crippen LogP contribution in [0, 0.1) is 15.0 Å². The monoisotopic (exact) mass is 211 g/mol. The topological polar surface area (TPSA) is 85.0 Å². The third kappa shape index (κ3) is 2.19. The van der Waals surface area contributed by atoms with Gasteiger partial charge in [0.1, 0.15) is 11.4 Å². The smallest absolute Gasteiger partial charge is 0.298 e. The lowest BCUT2D eigenvalue weighted by molar-refractivity contribution is -0.384. The van der Waals surface area contributed by atoms with Crippen molar-refractivity contribution >= 4 is 11.4 Å². The molecule has 0 amide bonds. The fourth-order valence-electron chi connectivity index (χ4n) is 1.09. The van der Waals surface area contributed by atoms with Gasteiger partial charge in [0, 0.05) is 7.05 Å². The van der Waals surface area contributed by atoms with Gasteiger partial charge in [-0.1, -0.05) is 0 Å². The molecule has 1 rings (SSSR count). The summed E-state index contributed by atoms with van der Waals surface area (Å²) in [6.45, 7) is 0. The number of nitro groups is 1. The van der Waals surface area contributed by atoms with Gasteiger partial charge in [0.2, 0.25) is 0 Å². The molecule has 0 saturated heterocycles. The highest BCUT2D eigenvalue weighted by Gasteiger charge is 2.18. The van der Waals surface area contributed by atoms with Gasteiger partial charge < -0.3 is 4.74 Å². The number of methoxy groups -OCH3 is 1. The summed E-state index contributed by atoms with van der Waals surface area (Å²) in [6.07, 6.45) is 0. The van der Waals surface area contributed by atoms with Crippen molar-refractivity contribution in [3.8, 4) is 5.75 Å². The zero-order chi connectivity index (χ0) is 11.4. The molecular formula is C8H9N3O4. The molecule has 0 aliphatic carbocycles. The number of nitro benzene ring substituents is 1. The minimum absolute atomic E-state index is 0.121. The van der Waals surface area contributed by atoms with E-state index in [1.165, 1.54) is 32.4 Å². The molecule has 0 aliphatic heterocycles. The third-order valence-corrected chi connectivity index (χ3v) is 1.85. The Morgan fingerprint density at radius 1 is 1.53 bits per heavy atom. The molecule has 0 aliphatic rings. The maximum absolute atomic E-state index is 10.7. The summed E-state index contributed by atoms with van der Waals surface area (Å²) in [6, 6.07) is 4.15. The second-order valence-electron chi connectivity index (χ2n) is 2.72. The summed E-state index contributed by atoms with van der Waals surface area (Å²) in [7, 11) is 2.74. The van der Waals surface area contributed by atoms with Crippen molar-refractivity contribution in [2.45, 2.75) is 0 Å². The molecule has 0 unspecified atom stereocenters. The fourth-order valence-corrected chi connectivity index (χ4v) is 1.09. The van der Waals surface area contributed by atoms with E-state index >= 15 is 0 Å². The zero-order valence-electron chi connectivity index (χ0n) is 8.21. The Balaban J connectivity index is 3.26. The normalized spacial score (nSPS) is 9.47. The van der Waals surface area contributed by atoms with Crippen molar-refractivity contribution in [1.82, 2.24) is 0 Å². The average molecular weight is 211 g/mol. The maximum Gasteiger partial charge on any atom is 0.298 e. The van der Waals surface area contributed by atoms with E-state index in [1.807, 2.05) is 0 Å². The van der Waals surface area contributed by atoms with E-state index in [9.17, 15) is 15.0 Å². The summed E-state index contributed by atoms with van der Waals surface area (Å²) in [5.41, 5.74) is -0.104. The lowest BCUT2D eigenvalue weighted by Crippen LogP contribution is -2.09. The number of benzene rings is 1. The lowest BCUT2D eigenvalue weighted by Gasteiger charge is -2.09. The van der Waals surface area contributed by atoms with Crippen LogP contribution in [0.1, 0.15) is 0 Å². The Bertz CT molecular complexity index is 393. The quantitative estimate of drug-likeness (QED) is 0.430. The van der Waals surface area contributed by atoms with E-state index in [0.717, 1.165) is 5.01 Å². The second-order valence-corrected chi connectivity index (χ2v) is 2.72. The first kappa shape index (κ1) is 10.9. The van der Waals surface area contributed by atoms with Crippen LogP contribution >= 0.6 is 0 Å². The SMILES string of the molecule is COc1ccc(N(C)N=O)c([N+](=O)[O-])c1. The first-order valence-electron chi connectivity index (χ1n) is 3.99. The number of hydrogen-bond donors (Lipinski definition) is 0. The second kappa shape index (κ2) is 4.36. The molecule has 0 bridgehead atoms. The van der Waals surface area contributed by atoms with E-state index in [4.69, 9.17) is 4.74 Å². The zero-order valence-corrected chi connectivity index (χ0v) is 8.21. The number of nitrogens with zero attached hydrogens (tertiary/aromatic N) is 3. The average Bonchev–Trinajstić information content (AvgIpc) is 2.27. The van der Waals surface area contributed by atoms with Gasteiger partial charge >= 0.3 is 0 Å². The van der Waals surface area contributed by atoms with E-state index in [2.05, 4.69) is 5.29 Å². The van der Waals surface area contributed by atoms with Gasteiger partial charge in [-0.15, -0.1) is 4.91 Å². The summed E-state index contributed by atoms with van der Waals surface area (Å²) >= 11 is 0. The van der Waals surface area contributed by atoms with Crippen LogP contribution in [0.4, 0.5) is 11.4 Å². The minimum atomic E-state index is -0.598. The molecule has 0 saturated carbocycles. The van der Waals surface area contributed by atoms with Crippen LogP contribution in [-0.4, -0.2) is 19.1 Å². The maximum atomic E-state index is 10.7. The number of hydrogen-bond acceptors (Lipinski definition) is 5. The molecule has 0 aromatic heterocycles. The Labute approximate surface area is 85.4 Å². The van der Waals surface area contributed by atoms with Gasteiger partial charge in [-0.2, -0.15) is 0 Å². The molecule has 80 valence electrons. The van der Waals surface area contributed by atoms with Crippen LogP contribution in [0.15, 0.2) is 23.5 Å². The molecular weight excluding hydrogens is 202 g/mol. The molecule has 1 aromatic carbocycles. The van der Waals surface area contributed by atoms with Crippen molar-refractivity contribution in [3.63, 3.8) is 0 Å². The molecule has 0 atom stereocenters. The first-order chi connectivity index (χ1) is 7.10. The molecule has 15 heavy (non-hydrogen) atoms. The van der Waals surface area contributed by atoms with Gasteiger partial charge in [0.15, 0.2) is 0 Å². The first-order valence-corrected chi connectivity index (χ1v) is 3.99. The summed E-state index contributed by atoms with van der Waals surface area (Å²) in [5.74, 6) is 0.352. The lowest BCUT2D eigenvalue weighted by atomic mass is 10.2. The number of ether oxygens (including phenoxy) is 1. The largest absolute Gasteiger partial charge is 0.496 e. The molecule has 0 spiro atoms. The number of anilines is 1. The minimum Gasteiger partial charge on any atom is -0.496 e. The van der Waals surface area contributed by atoms with Crippen molar-refractivity contribution in [2.75, 3.05) is 19.2 Å². The van der Waals surface area contributed by atoms with E-state index in [0.29, 0.717) is 5.75 Å². The highest BCUT2D eigenvalue weighted by molar-refractivity contribution is 5.64. The molecule has 0 N–H and O–H groups in total. The van der Waals surface area contributed by atoms with Gasteiger partial charge in [-0.05, 0) is 12.1 Å². The van der Waals surface area contributed by atoms with Crippen LogP contribution in [0.5, 0.6) is 5.75 Å². The highest BCUT2D eigenvalue weighted by atomic mass is 16.6. The molecule has 1 aromatic rings. The van der Waals surface area contributed by atoms with Crippen molar-refractivity contribution in [3.05, 3.63) is 33.2 Å². The van der Waals surface area contributed by atoms with Gasteiger partial charge in [-0.3, -0.25) is 10.1 Å². The molecule has 0 radical (unpaired) electrons. The standard InChI is InChI=1S/C8H9N3O4/c1-10(9-12)7-4-3-6(15-2)5-8(7)11(13)14/h3-5H,1-2H3. The van der Waals surface area contributed by atoms with E-state index < -0.39 is 4.92 Å². The Morgan fingerprint density at radius 2 is 2.20 bits per heavy atom. The van der Waals surface area contributed by atoms with Crippen LogP contribution in [-0.2, 0) is 0 Å². The molecule has 0 fully saturated rings. The van der Waals surface area contributed by atoms with Crippen LogP contribution in [0.3, 0.4) is 0 Å². The highest BCUT2D eigenvalue weighted by Crippen LogP contribution is 2.31. The summed E-state index contributed by atoms with van der Waals surface area (Å²) in [4.78, 5) is 20.3. The van der Waals surface area contributed by atoms with Gasteiger partial charge in [0.05, 0.1) is 23.4 Å². The van der Waals surface area contributed by atoms with E-state index in [-0.39, 0.29) is 11.4 Å². The van der Waals surface area contributed by atoms with Crippen LogP contribution in [0.25, 0.3) is 0 Å². The Kier molecular flexibility index (Phi) is 3.17. The van der Waals surface area contributed by atoms with Gasteiger partial charge in [-0.25, -0.2) is 5.01 Å². The Hall–Kier alpha value is -2.18. The molecule has 7 heteroatoms. The van der Waals surface area contributed by atoms with Crippen molar-refractivity contribution < 1.29 is 9.66 Å². The predicted octanol–water partition coefficient (Wildman–Crippen LogP) is 1.72. The van der Waals surface area contributed by atoms with Crippen LogP contribution < -0.4 is 9.75 Å². The fraction of sp³-hybridized carbons (Fsp3) is 0.250. The third-order valence-electron chi connectivity index (χ3n) is 1.85. The Morgan fingerprint density at radius 3 is 2.67 bits per heavy atom. The van der Waals surface area contributed by atoms with Crippen molar-refractivity contribution in [1.29, 1.82) is 0 Å². The van der Waals surface area contributed by atoms with Gasteiger partial charge in [0.25, 0.3) is 5.69 Å². The van der Waals surface area contributed by atoms with Crippen molar-refractivity contribution in [2.24, 2.45) is 5.29 Å². The molecule has 0 heterocycles. The van der Waals surface area contributed by atoms with Crippen LogP contribution in [0.2, 0.25) is 0 Å². The number of rotatable bonds is 4. The predicted molar refractivity (Wildman–Crippen MR) is 53.8 cm³/mol. The van der Waals surface area contributed by atoms with E-state index in [1.54, 1.807) is 0 Å². The number of nitroso groups, excluding NO2 is 1. The summed E-state index contributed by atoms with van der Waals surface area (Å²) in [5, 5.41) is 14.2. The molecule has 7 nitrogen and oxygen atoms in total.